The third-order valence-corrected chi connectivity index (χ3v) is 5.66. The molecular weight excluding hydrogens is 364 g/mol. The topological polar surface area (TPSA) is 70.6 Å². The van der Waals surface area contributed by atoms with E-state index in [9.17, 15) is 9.90 Å². The van der Waals surface area contributed by atoms with Crippen LogP contribution < -0.4 is 15.4 Å². The van der Waals surface area contributed by atoms with E-state index in [2.05, 4.69) is 16.7 Å². The van der Waals surface area contributed by atoms with Crippen molar-refractivity contribution in [2.45, 2.75) is 51.7 Å². The van der Waals surface area contributed by atoms with Crippen molar-refractivity contribution >= 4 is 5.91 Å². The SMILES string of the molecule is CC(=O)N[C@@H](O)CCC(c1ccccc1Oc1ccccc1C)C1CCCNC1. The van der Waals surface area contributed by atoms with Crippen LogP contribution in [0.5, 0.6) is 11.5 Å². The molecule has 0 aliphatic carbocycles. The fraction of sp³-hybridized carbons (Fsp3) is 0.458. The van der Waals surface area contributed by atoms with Crippen LogP contribution in [-0.4, -0.2) is 30.3 Å². The van der Waals surface area contributed by atoms with Gasteiger partial charge in [-0.2, -0.15) is 0 Å². The lowest BCUT2D eigenvalue weighted by Crippen LogP contribution is -2.36. The van der Waals surface area contributed by atoms with Crippen molar-refractivity contribution in [1.29, 1.82) is 0 Å². The van der Waals surface area contributed by atoms with Gasteiger partial charge >= 0.3 is 0 Å². The molecule has 3 atom stereocenters. The Morgan fingerprint density at radius 1 is 1.17 bits per heavy atom. The number of piperidine rings is 1. The summed E-state index contributed by atoms with van der Waals surface area (Å²) in [5, 5.41) is 16.3. The largest absolute Gasteiger partial charge is 0.457 e. The smallest absolute Gasteiger partial charge is 0.218 e. The second-order valence-electron chi connectivity index (χ2n) is 7.91. The van der Waals surface area contributed by atoms with Gasteiger partial charge in [0.25, 0.3) is 0 Å². The predicted octanol–water partition coefficient (Wildman–Crippen LogP) is 4.11. The van der Waals surface area contributed by atoms with Crippen LogP contribution in [0.25, 0.3) is 0 Å². The molecule has 0 aromatic heterocycles. The van der Waals surface area contributed by atoms with Crippen LogP contribution in [-0.2, 0) is 4.79 Å². The summed E-state index contributed by atoms with van der Waals surface area (Å²) in [6, 6.07) is 16.2. The molecule has 1 heterocycles. The van der Waals surface area contributed by atoms with Gasteiger partial charge in [-0.1, -0.05) is 36.4 Å². The maximum atomic E-state index is 11.3. The molecule has 1 fully saturated rings. The average molecular weight is 397 g/mol. The van der Waals surface area contributed by atoms with Crippen molar-refractivity contribution in [1.82, 2.24) is 10.6 Å². The Morgan fingerprint density at radius 2 is 1.90 bits per heavy atom. The van der Waals surface area contributed by atoms with Crippen molar-refractivity contribution in [3.63, 3.8) is 0 Å². The number of para-hydroxylation sites is 2. The van der Waals surface area contributed by atoms with Crippen LogP contribution in [0.4, 0.5) is 0 Å². The van der Waals surface area contributed by atoms with Gasteiger partial charge in [-0.05, 0) is 80.8 Å². The standard InChI is InChI=1S/C24H32N2O3/c1-17-8-3-5-11-22(17)29-23-12-6-4-10-21(23)20(19-9-7-15-25-16-19)13-14-24(28)26-18(2)27/h3-6,8,10-12,19-20,24-25,28H,7,9,13-16H2,1-2H3,(H,26,27)/t19?,20?,24-/m0/s1. The minimum Gasteiger partial charge on any atom is -0.457 e. The summed E-state index contributed by atoms with van der Waals surface area (Å²) in [6.45, 7) is 5.49. The van der Waals surface area contributed by atoms with E-state index >= 15 is 0 Å². The number of carbonyl (C=O) groups excluding carboxylic acids is 1. The molecule has 29 heavy (non-hydrogen) atoms. The third kappa shape index (κ3) is 6.05. The zero-order valence-electron chi connectivity index (χ0n) is 17.4. The van der Waals surface area contributed by atoms with Crippen LogP contribution >= 0.6 is 0 Å². The van der Waals surface area contributed by atoms with Crippen LogP contribution in [0.3, 0.4) is 0 Å². The molecule has 2 aromatic carbocycles. The average Bonchev–Trinajstić information content (AvgIpc) is 2.71. The monoisotopic (exact) mass is 396 g/mol. The molecule has 1 aliphatic heterocycles. The lowest BCUT2D eigenvalue weighted by Gasteiger charge is -2.32. The van der Waals surface area contributed by atoms with Crippen LogP contribution in [0.2, 0.25) is 0 Å². The van der Waals surface area contributed by atoms with Gasteiger partial charge in [0.05, 0.1) is 0 Å². The van der Waals surface area contributed by atoms with Gasteiger partial charge in [0.1, 0.15) is 17.7 Å². The molecule has 1 saturated heterocycles. The Morgan fingerprint density at radius 3 is 2.59 bits per heavy atom. The molecule has 3 rings (SSSR count). The minimum absolute atomic E-state index is 0.211. The van der Waals surface area contributed by atoms with Crippen molar-refractivity contribution in [2.24, 2.45) is 5.92 Å². The van der Waals surface area contributed by atoms with Gasteiger partial charge in [0.15, 0.2) is 0 Å². The fourth-order valence-electron chi connectivity index (χ4n) is 4.18. The second-order valence-corrected chi connectivity index (χ2v) is 7.91. The number of hydrogen-bond donors (Lipinski definition) is 3. The van der Waals surface area contributed by atoms with Gasteiger partial charge in [-0.25, -0.2) is 0 Å². The Hall–Kier alpha value is -2.37. The van der Waals surface area contributed by atoms with Crippen molar-refractivity contribution in [3.05, 3.63) is 59.7 Å². The molecule has 1 amide bonds. The van der Waals surface area contributed by atoms with E-state index in [-0.39, 0.29) is 11.8 Å². The van der Waals surface area contributed by atoms with E-state index in [1.54, 1.807) is 0 Å². The van der Waals surface area contributed by atoms with Crippen molar-refractivity contribution < 1.29 is 14.6 Å². The lowest BCUT2D eigenvalue weighted by atomic mass is 9.78. The number of aliphatic hydroxyl groups excluding tert-OH is 1. The van der Waals surface area contributed by atoms with E-state index in [0.717, 1.165) is 49.4 Å². The molecule has 2 aromatic rings. The number of ether oxygens (including phenoxy) is 1. The Kier molecular flexibility index (Phi) is 7.67. The Labute approximate surface area is 173 Å². The highest BCUT2D eigenvalue weighted by Gasteiger charge is 2.28. The minimum atomic E-state index is -0.823. The van der Waals surface area contributed by atoms with E-state index in [1.165, 1.54) is 12.5 Å². The summed E-state index contributed by atoms with van der Waals surface area (Å²) < 4.78 is 6.33. The van der Waals surface area contributed by atoms with Gasteiger partial charge in [-0.15, -0.1) is 0 Å². The molecule has 1 aliphatic rings. The van der Waals surface area contributed by atoms with Crippen LogP contribution in [0.15, 0.2) is 48.5 Å². The Bertz CT molecular complexity index is 802. The van der Waals surface area contributed by atoms with Crippen molar-refractivity contribution in [2.75, 3.05) is 13.1 Å². The van der Waals surface area contributed by atoms with E-state index in [0.29, 0.717) is 12.3 Å². The molecule has 2 unspecified atom stereocenters. The number of nitrogens with one attached hydrogen (secondary N) is 2. The quantitative estimate of drug-likeness (QED) is 0.588. The molecule has 0 radical (unpaired) electrons. The number of rotatable bonds is 8. The molecule has 0 spiro atoms. The second kappa shape index (κ2) is 10.4. The van der Waals surface area contributed by atoms with Gasteiger partial charge in [0.2, 0.25) is 5.91 Å². The maximum Gasteiger partial charge on any atom is 0.218 e. The van der Waals surface area contributed by atoms with Gasteiger partial charge in [-0.3, -0.25) is 4.79 Å². The summed E-state index contributed by atoms with van der Waals surface area (Å²) in [5.74, 6) is 2.23. The molecule has 5 heteroatoms. The number of hydrogen-bond acceptors (Lipinski definition) is 4. The first-order valence-corrected chi connectivity index (χ1v) is 10.5. The highest BCUT2D eigenvalue weighted by molar-refractivity contribution is 5.72. The summed E-state index contributed by atoms with van der Waals surface area (Å²) >= 11 is 0. The first-order valence-electron chi connectivity index (χ1n) is 10.5. The number of aliphatic hydroxyl groups is 1. The van der Waals surface area contributed by atoms with Gasteiger partial charge in [0, 0.05) is 6.92 Å². The summed E-state index contributed by atoms with van der Waals surface area (Å²) in [6.07, 6.45) is 2.76. The van der Waals surface area contributed by atoms with Crippen molar-refractivity contribution in [3.8, 4) is 11.5 Å². The highest BCUT2D eigenvalue weighted by atomic mass is 16.5. The molecule has 0 bridgehead atoms. The summed E-state index contributed by atoms with van der Waals surface area (Å²) in [4.78, 5) is 11.3. The molecule has 5 nitrogen and oxygen atoms in total. The molecule has 3 N–H and O–H groups in total. The number of benzene rings is 2. The zero-order valence-corrected chi connectivity index (χ0v) is 17.4. The molecule has 156 valence electrons. The Balaban J connectivity index is 1.84. The summed E-state index contributed by atoms with van der Waals surface area (Å²) in [5.41, 5.74) is 2.26. The van der Waals surface area contributed by atoms with E-state index < -0.39 is 6.23 Å². The lowest BCUT2D eigenvalue weighted by molar-refractivity contribution is -0.122. The molecular formula is C24H32N2O3. The number of aryl methyl sites for hydroxylation is 1. The third-order valence-electron chi connectivity index (χ3n) is 5.66. The fourth-order valence-corrected chi connectivity index (χ4v) is 4.18. The predicted molar refractivity (Wildman–Crippen MR) is 115 cm³/mol. The summed E-state index contributed by atoms with van der Waals surface area (Å²) in [7, 11) is 0. The highest BCUT2D eigenvalue weighted by Crippen LogP contribution is 2.40. The zero-order chi connectivity index (χ0) is 20.6. The molecule has 0 saturated carbocycles. The number of amides is 1. The normalized spacial score (nSPS) is 18.7. The number of carbonyl (C=O) groups is 1. The van der Waals surface area contributed by atoms with Gasteiger partial charge < -0.3 is 20.5 Å². The maximum absolute atomic E-state index is 11.3. The first kappa shape index (κ1) is 21.3. The first-order chi connectivity index (χ1) is 14.0. The van der Waals surface area contributed by atoms with E-state index in [1.807, 2.05) is 49.4 Å². The van der Waals surface area contributed by atoms with E-state index in [4.69, 9.17) is 4.74 Å². The van der Waals surface area contributed by atoms with Crippen LogP contribution in [0.1, 0.15) is 49.7 Å². The van der Waals surface area contributed by atoms with Crippen LogP contribution in [0, 0.1) is 12.8 Å².